The lowest BCUT2D eigenvalue weighted by molar-refractivity contribution is -0.303. The van der Waals surface area contributed by atoms with Crippen molar-refractivity contribution in [2.24, 2.45) is 0 Å². The van der Waals surface area contributed by atoms with Gasteiger partial charge in [0.15, 0.2) is 12.1 Å². The number of alkyl halides is 1. The molecule has 0 aromatic carbocycles. The van der Waals surface area contributed by atoms with Gasteiger partial charge in [0, 0.05) is 12.8 Å². The number of ether oxygens (including phenoxy) is 2. The quantitative estimate of drug-likeness (QED) is 0.0325. The van der Waals surface area contributed by atoms with Gasteiger partial charge in [0.1, 0.15) is 37.2 Å². The Morgan fingerprint density at radius 2 is 1.07 bits per heavy atom. The first-order valence-electron chi connectivity index (χ1n) is 22.3. The van der Waals surface area contributed by atoms with Crippen LogP contribution in [0.15, 0.2) is 0 Å². The Morgan fingerprint density at radius 1 is 0.636 bits per heavy atom. The van der Waals surface area contributed by atoms with Crippen molar-refractivity contribution in [3.05, 3.63) is 0 Å². The predicted octanol–water partition coefficient (Wildman–Crippen LogP) is 6.88. The molecule has 1 heterocycles. The normalized spacial score (nSPS) is 21.7. The molecule has 1 aliphatic heterocycles. The third kappa shape index (κ3) is 25.7. The fourth-order valence-electron chi connectivity index (χ4n) is 7.34. The zero-order valence-corrected chi connectivity index (χ0v) is 34.4. The highest BCUT2D eigenvalue weighted by Gasteiger charge is 2.44. The molecule has 0 saturated carbocycles. The fourth-order valence-corrected chi connectivity index (χ4v) is 7.34. The van der Waals surface area contributed by atoms with Crippen molar-refractivity contribution in [1.29, 1.82) is 0 Å². The minimum Gasteiger partial charge on any atom is -0.394 e. The second-order valence-electron chi connectivity index (χ2n) is 16.1. The first kappa shape index (κ1) is 51.8. The average Bonchev–Trinajstić information content (AvgIpc) is 3.18. The summed E-state index contributed by atoms with van der Waals surface area (Å²) in [6, 6.07) is -1.01. The molecule has 0 aromatic heterocycles. The number of hydrogen-bond acceptors (Lipinski definition) is 10. The maximum atomic E-state index is 13.0. The van der Waals surface area contributed by atoms with Crippen molar-refractivity contribution in [1.82, 2.24) is 5.32 Å². The van der Waals surface area contributed by atoms with Gasteiger partial charge in [-0.25, -0.2) is 4.39 Å². The number of amides is 1. The standard InChI is InChI=1S/C43H82FNO10/c1-2-3-4-5-6-7-8-14-17-20-23-26-29-36(48)39(50)35(33-54-43-42(53)41(52)40(51)37(32-46)55-43)45-38(49)30-27-24-21-18-15-12-10-9-11-13-16-19-22-25-28-34(47)31-44/h35-37,39-43,46,48,50-53H,2-33H2,1H3,(H,45,49)/t35-,36+,37+,39-,40-,41-,42+,43-/m0/s1. The first-order chi connectivity index (χ1) is 26.7. The molecule has 1 rings (SSSR count). The number of aliphatic hydroxyl groups is 6. The van der Waals surface area contributed by atoms with Crippen LogP contribution in [0.4, 0.5) is 4.39 Å². The molecule has 1 fully saturated rings. The molecule has 0 radical (unpaired) electrons. The molecular formula is C43H82FNO10. The average molecular weight is 792 g/mol. The van der Waals surface area contributed by atoms with Gasteiger partial charge in [0.05, 0.1) is 25.4 Å². The molecule has 0 unspecified atom stereocenters. The van der Waals surface area contributed by atoms with Gasteiger partial charge < -0.3 is 45.4 Å². The van der Waals surface area contributed by atoms with E-state index >= 15 is 0 Å². The van der Waals surface area contributed by atoms with Crippen LogP contribution >= 0.6 is 0 Å². The molecular weight excluding hydrogens is 709 g/mol. The molecule has 7 N–H and O–H groups in total. The monoisotopic (exact) mass is 792 g/mol. The van der Waals surface area contributed by atoms with Crippen LogP contribution in [0.3, 0.4) is 0 Å². The van der Waals surface area contributed by atoms with Crippen LogP contribution in [0.1, 0.15) is 193 Å². The zero-order chi connectivity index (χ0) is 40.5. The molecule has 8 atom stereocenters. The summed E-state index contributed by atoms with van der Waals surface area (Å²) < 4.78 is 23.3. The highest BCUT2D eigenvalue weighted by Crippen LogP contribution is 2.23. The Hall–Kier alpha value is -1.25. The van der Waals surface area contributed by atoms with E-state index in [4.69, 9.17) is 9.47 Å². The Bertz CT molecular complexity index is 915. The lowest BCUT2D eigenvalue weighted by Crippen LogP contribution is -2.60. The summed E-state index contributed by atoms with van der Waals surface area (Å²) in [6.07, 6.45) is 20.4. The number of ketones is 1. The second-order valence-corrected chi connectivity index (χ2v) is 16.1. The number of halogens is 1. The van der Waals surface area contributed by atoms with Crippen molar-refractivity contribution < 1.29 is 54.1 Å². The summed E-state index contributed by atoms with van der Waals surface area (Å²) in [7, 11) is 0. The summed E-state index contributed by atoms with van der Waals surface area (Å²) in [4.78, 5) is 24.0. The molecule has 0 aromatic rings. The minimum atomic E-state index is -1.62. The molecule has 1 amide bonds. The minimum absolute atomic E-state index is 0.254. The Morgan fingerprint density at radius 3 is 1.53 bits per heavy atom. The smallest absolute Gasteiger partial charge is 0.220 e. The van der Waals surface area contributed by atoms with E-state index in [-0.39, 0.29) is 24.7 Å². The summed E-state index contributed by atoms with van der Waals surface area (Å²) in [5.41, 5.74) is 0. The highest BCUT2D eigenvalue weighted by atomic mass is 19.1. The molecule has 0 aliphatic carbocycles. The van der Waals surface area contributed by atoms with Gasteiger partial charge in [0.2, 0.25) is 5.91 Å². The number of unbranched alkanes of at least 4 members (excludes halogenated alkanes) is 24. The van der Waals surface area contributed by atoms with E-state index in [9.17, 15) is 44.6 Å². The predicted molar refractivity (Wildman–Crippen MR) is 214 cm³/mol. The summed E-state index contributed by atoms with van der Waals surface area (Å²) in [5, 5.41) is 65.0. The third-order valence-electron chi connectivity index (χ3n) is 11.1. The highest BCUT2D eigenvalue weighted by molar-refractivity contribution is 5.79. The van der Waals surface area contributed by atoms with Gasteiger partial charge in [-0.1, -0.05) is 161 Å². The number of hydrogen-bond donors (Lipinski definition) is 7. The van der Waals surface area contributed by atoms with Crippen molar-refractivity contribution in [2.45, 2.75) is 242 Å². The summed E-state index contributed by atoms with van der Waals surface area (Å²) in [6.45, 7) is 0.457. The SMILES string of the molecule is CCCCCCCCCCCCCC[C@@H](O)[C@@H](O)[C@H](CO[C@H]1O[C@H](CO)[C@H](O)[C@H](O)[C@H]1O)NC(=O)CCCCCCCCCCCCCCCCC(=O)CF. The van der Waals surface area contributed by atoms with E-state index in [1.807, 2.05) is 0 Å². The number of aliphatic hydroxyl groups excluding tert-OH is 6. The Labute approximate surface area is 332 Å². The Balaban J connectivity index is 2.37. The maximum Gasteiger partial charge on any atom is 0.220 e. The third-order valence-corrected chi connectivity index (χ3v) is 11.1. The topological polar surface area (TPSA) is 186 Å². The number of nitrogens with one attached hydrogen (secondary N) is 1. The van der Waals surface area contributed by atoms with Crippen molar-refractivity contribution >= 4 is 11.7 Å². The van der Waals surface area contributed by atoms with Crippen molar-refractivity contribution in [3.63, 3.8) is 0 Å². The van der Waals surface area contributed by atoms with Crippen LogP contribution in [0.5, 0.6) is 0 Å². The summed E-state index contributed by atoms with van der Waals surface area (Å²) in [5.74, 6) is -0.574. The number of Topliss-reactive ketones (excluding diaryl/α,β-unsaturated/α-hetero) is 1. The molecule has 1 saturated heterocycles. The molecule has 1 aliphatic rings. The number of carbonyl (C=O) groups excluding carboxylic acids is 2. The van der Waals surface area contributed by atoms with Crippen LogP contribution < -0.4 is 5.32 Å². The molecule has 0 bridgehead atoms. The van der Waals surface area contributed by atoms with Crippen molar-refractivity contribution in [2.75, 3.05) is 19.9 Å². The first-order valence-corrected chi connectivity index (χ1v) is 22.3. The molecule has 0 spiro atoms. The lowest BCUT2D eigenvalue weighted by Gasteiger charge is -2.40. The van der Waals surface area contributed by atoms with Gasteiger partial charge in [0.25, 0.3) is 0 Å². The van der Waals surface area contributed by atoms with E-state index in [0.717, 1.165) is 70.6 Å². The maximum absolute atomic E-state index is 13.0. The molecule has 12 heteroatoms. The van der Waals surface area contributed by atoms with Gasteiger partial charge in [-0.2, -0.15) is 0 Å². The van der Waals surface area contributed by atoms with E-state index in [1.54, 1.807) is 0 Å². The number of rotatable bonds is 38. The summed E-state index contributed by atoms with van der Waals surface area (Å²) >= 11 is 0. The van der Waals surface area contributed by atoms with Gasteiger partial charge in [-0.05, 0) is 19.3 Å². The Kier molecular flexibility index (Phi) is 32.7. The van der Waals surface area contributed by atoms with E-state index < -0.39 is 62.2 Å². The van der Waals surface area contributed by atoms with Crippen LogP contribution in [0, 0.1) is 0 Å². The van der Waals surface area contributed by atoms with Crippen LogP contribution in [0.25, 0.3) is 0 Å². The van der Waals surface area contributed by atoms with Gasteiger partial charge in [-0.15, -0.1) is 0 Å². The van der Waals surface area contributed by atoms with E-state index in [2.05, 4.69) is 12.2 Å². The van der Waals surface area contributed by atoms with Crippen LogP contribution in [-0.2, 0) is 19.1 Å². The number of carbonyl (C=O) groups is 2. The molecule has 326 valence electrons. The van der Waals surface area contributed by atoms with Gasteiger partial charge >= 0.3 is 0 Å². The second kappa shape index (κ2) is 34.8. The van der Waals surface area contributed by atoms with Crippen LogP contribution in [-0.4, -0.2) is 111 Å². The van der Waals surface area contributed by atoms with E-state index in [0.29, 0.717) is 19.3 Å². The lowest BCUT2D eigenvalue weighted by atomic mass is 9.98. The fraction of sp³-hybridized carbons (Fsp3) is 0.953. The molecule has 11 nitrogen and oxygen atoms in total. The van der Waals surface area contributed by atoms with E-state index in [1.165, 1.54) is 89.9 Å². The van der Waals surface area contributed by atoms with Gasteiger partial charge in [-0.3, -0.25) is 9.59 Å². The molecule has 55 heavy (non-hydrogen) atoms. The van der Waals surface area contributed by atoms with Crippen LogP contribution in [0.2, 0.25) is 0 Å². The zero-order valence-electron chi connectivity index (χ0n) is 34.4. The van der Waals surface area contributed by atoms with Crippen molar-refractivity contribution in [3.8, 4) is 0 Å². The largest absolute Gasteiger partial charge is 0.394 e.